The van der Waals surface area contributed by atoms with Gasteiger partial charge in [-0.25, -0.2) is 5.14 Å². The molecular formula is C8H9N3O2S. The summed E-state index contributed by atoms with van der Waals surface area (Å²) in [6, 6.07) is 6.65. The van der Waals surface area contributed by atoms with Crippen LogP contribution in [0.3, 0.4) is 0 Å². The summed E-state index contributed by atoms with van der Waals surface area (Å²) in [5.74, 6) is 0. The lowest BCUT2D eigenvalue weighted by Gasteiger charge is -2.05. The lowest BCUT2D eigenvalue weighted by molar-refractivity contribution is 0.603. The average molecular weight is 211 g/mol. The Morgan fingerprint density at radius 3 is 2.64 bits per heavy atom. The smallest absolute Gasteiger partial charge is 0.270 e. The quantitative estimate of drug-likeness (QED) is 0.744. The molecule has 0 bridgehead atoms. The topological polar surface area (TPSA) is 96.0 Å². The molecule has 0 fully saturated rings. The minimum atomic E-state index is -3.83. The van der Waals surface area contributed by atoms with Crippen molar-refractivity contribution in [3.8, 4) is 6.07 Å². The minimum Gasteiger partial charge on any atom is -0.270 e. The van der Waals surface area contributed by atoms with Crippen LogP contribution in [0.5, 0.6) is 0 Å². The number of aryl methyl sites for hydroxylation is 1. The van der Waals surface area contributed by atoms with Crippen molar-refractivity contribution in [2.45, 2.75) is 6.92 Å². The van der Waals surface area contributed by atoms with Crippen LogP contribution in [-0.2, 0) is 10.2 Å². The van der Waals surface area contributed by atoms with Gasteiger partial charge >= 0.3 is 0 Å². The summed E-state index contributed by atoms with van der Waals surface area (Å²) in [5, 5.41) is 13.5. The highest BCUT2D eigenvalue weighted by atomic mass is 32.2. The lowest BCUT2D eigenvalue weighted by Crippen LogP contribution is -2.22. The number of hydrogen-bond donors (Lipinski definition) is 2. The van der Waals surface area contributed by atoms with Crippen LogP contribution < -0.4 is 9.86 Å². The second-order valence-corrected chi connectivity index (χ2v) is 4.10. The lowest BCUT2D eigenvalue weighted by atomic mass is 10.1. The number of benzene rings is 1. The molecular weight excluding hydrogens is 202 g/mol. The maximum absolute atomic E-state index is 10.7. The van der Waals surface area contributed by atoms with E-state index in [-0.39, 0.29) is 11.3 Å². The van der Waals surface area contributed by atoms with Crippen molar-refractivity contribution in [1.29, 1.82) is 5.26 Å². The van der Waals surface area contributed by atoms with Crippen LogP contribution in [0, 0.1) is 18.3 Å². The summed E-state index contributed by atoms with van der Waals surface area (Å²) in [6.07, 6.45) is 0. The van der Waals surface area contributed by atoms with Gasteiger partial charge in [0.05, 0.1) is 11.3 Å². The van der Waals surface area contributed by atoms with E-state index in [1.54, 1.807) is 19.1 Å². The van der Waals surface area contributed by atoms with Gasteiger partial charge in [-0.1, -0.05) is 6.07 Å². The SMILES string of the molecule is Cc1ccc(C#N)c(NS(N)(=O)=O)c1. The molecule has 0 aliphatic carbocycles. The summed E-state index contributed by atoms with van der Waals surface area (Å²) < 4.78 is 23.5. The van der Waals surface area contributed by atoms with E-state index >= 15 is 0 Å². The molecule has 1 aromatic rings. The number of nitriles is 1. The van der Waals surface area contributed by atoms with Crippen LogP contribution in [0.15, 0.2) is 18.2 Å². The first-order valence-corrected chi connectivity index (χ1v) is 5.28. The molecule has 0 heterocycles. The summed E-state index contributed by atoms with van der Waals surface area (Å²) in [5.41, 5.74) is 1.29. The Morgan fingerprint density at radius 1 is 1.50 bits per heavy atom. The van der Waals surface area contributed by atoms with Gasteiger partial charge in [-0.15, -0.1) is 0 Å². The molecule has 0 unspecified atom stereocenters. The van der Waals surface area contributed by atoms with Crippen LogP contribution in [0.1, 0.15) is 11.1 Å². The Hall–Kier alpha value is -1.58. The van der Waals surface area contributed by atoms with Crippen molar-refractivity contribution in [2.75, 3.05) is 4.72 Å². The van der Waals surface area contributed by atoms with Crippen molar-refractivity contribution in [1.82, 2.24) is 0 Å². The first kappa shape index (κ1) is 10.5. The molecule has 0 amide bonds. The Kier molecular flexibility index (Phi) is 2.74. The number of nitrogens with zero attached hydrogens (tertiary/aromatic N) is 1. The van der Waals surface area contributed by atoms with Crippen molar-refractivity contribution >= 4 is 15.9 Å². The summed E-state index contributed by atoms with van der Waals surface area (Å²) >= 11 is 0. The van der Waals surface area contributed by atoms with Gasteiger partial charge < -0.3 is 0 Å². The molecule has 0 saturated heterocycles. The fourth-order valence-electron chi connectivity index (χ4n) is 0.993. The largest absolute Gasteiger partial charge is 0.296 e. The molecule has 0 radical (unpaired) electrons. The van der Waals surface area contributed by atoms with Gasteiger partial charge in [-0.05, 0) is 24.6 Å². The van der Waals surface area contributed by atoms with Crippen molar-refractivity contribution in [3.05, 3.63) is 29.3 Å². The third kappa shape index (κ3) is 2.73. The van der Waals surface area contributed by atoms with E-state index in [4.69, 9.17) is 10.4 Å². The standard InChI is InChI=1S/C8H9N3O2S/c1-6-2-3-7(5-9)8(4-6)11-14(10,12)13/h2-4,11H,1H3,(H2,10,12,13). The van der Waals surface area contributed by atoms with E-state index in [1.165, 1.54) is 6.07 Å². The predicted octanol–water partition coefficient (Wildman–Crippen LogP) is 0.482. The Morgan fingerprint density at radius 2 is 2.14 bits per heavy atom. The Balaban J connectivity index is 3.20. The molecule has 0 aliphatic rings. The molecule has 1 rings (SSSR count). The molecule has 0 aromatic heterocycles. The van der Waals surface area contributed by atoms with Crippen molar-refractivity contribution in [3.63, 3.8) is 0 Å². The maximum atomic E-state index is 10.7. The molecule has 0 atom stereocenters. The van der Waals surface area contributed by atoms with Gasteiger partial charge in [0.1, 0.15) is 6.07 Å². The Bertz CT molecular complexity index is 488. The fourth-order valence-corrected chi connectivity index (χ4v) is 1.47. The molecule has 0 saturated carbocycles. The molecule has 1 aromatic carbocycles. The third-order valence-electron chi connectivity index (χ3n) is 1.55. The normalized spacial score (nSPS) is 10.6. The fraction of sp³-hybridized carbons (Fsp3) is 0.125. The Labute approximate surface area is 82.3 Å². The van der Waals surface area contributed by atoms with Gasteiger partial charge in [0.15, 0.2) is 0 Å². The van der Waals surface area contributed by atoms with Gasteiger partial charge in [-0.3, -0.25) is 4.72 Å². The highest BCUT2D eigenvalue weighted by Gasteiger charge is 2.07. The number of anilines is 1. The minimum absolute atomic E-state index is 0.204. The van der Waals surface area contributed by atoms with Gasteiger partial charge in [-0.2, -0.15) is 13.7 Å². The highest BCUT2D eigenvalue weighted by Crippen LogP contribution is 2.16. The molecule has 5 nitrogen and oxygen atoms in total. The first-order chi connectivity index (χ1) is 6.42. The second kappa shape index (κ2) is 3.65. The summed E-state index contributed by atoms with van der Waals surface area (Å²) in [6.45, 7) is 1.79. The van der Waals surface area contributed by atoms with E-state index in [1.807, 2.05) is 6.07 Å². The van der Waals surface area contributed by atoms with E-state index in [0.717, 1.165) is 5.56 Å². The highest BCUT2D eigenvalue weighted by molar-refractivity contribution is 7.90. The van der Waals surface area contributed by atoms with Crippen LogP contribution in [-0.4, -0.2) is 8.42 Å². The average Bonchev–Trinajstić information content (AvgIpc) is 2.01. The van der Waals surface area contributed by atoms with E-state index < -0.39 is 10.2 Å². The van der Waals surface area contributed by atoms with E-state index in [2.05, 4.69) is 4.72 Å². The monoisotopic (exact) mass is 211 g/mol. The summed E-state index contributed by atoms with van der Waals surface area (Å²) in [7, 11) is -3.83. The molecule has 3 N–H and O–H groups in total. The zero-order valence-corrected chi connectivity index (χ0v) is 8.30. The van der Waals surface area contributed by atoms with Gasteiger partial charge in [0.25, 0.3) is 10.2 Å². The molecule has 74 valence electrons. The van der Waals surface area contributed by atoms with Gasteiger partial charge in [0, 0.05) is 0 Å². The van der Waals surface area contributed by atoms with Crippen molar-refractivity contribution < 1.29 is 8.42 Å². The number of nitrogens with one attached hydrogen (secondary N) is 1. The zero-order chi connectivity index (χ0) is 10.8. The predicted molar refractivity (Wildman–Crippen MR) is 52.6 cm³/mol. The number of rotatable bonds is 2. The first-order valence-electron chi connectivity index (χ1n) is 3.73. The van der Waals surface area contributed by atoms with E-state index in [0.29, 0.717) is 0 Å². The van der Waals surface area contributed by atoms with E-state index in [9.17, 15) is 8.42 Å². The second-order valence-electron chi connectivity index (χ2n) is 2.81. The number of nitrogens with two attached hydrogens (primary N) is 1. The molecule has 0 aliphatic heterocycles. The van der Waals surface area contributed by atoms with Crippen LogP contribution in [0.2, 0.25) is 0 Å². The maximum Gasteiger partial charge on any atom is 0.296 e. The van der Waals surface area contributed by atoms with Crippen molar-refractivity contribution in [2.24, 2.45) is 5.14 Å². The van der Waals surface area contributed by atoms with Gasteiger partial charge in [0.2, 0.25) is 0 Å². The number of hydrogen-bond acceptors (Lipinski definition) is 3. The molecule has 14 heavy (non-hydrogen) atoms. The molecule has 6 heteroatoms. The summed E-state index contributed by atoms with van der Waals surface area (Å²) in [4.78, 5) is 0. The molecule has 0 spiro atoms. The van der Waals surface area contributed by atoms with Crippen LogP contribution in [0.4, 0.5) is 5.69 Å². The van der Waals surface area contributed by atoms with Crippen LogP contribution in [0.25, 0.3) is 0 Å². The third-order valence-corrected chi connectivity index (χ3v) is 2.05. The van der Waals surface area contributed by atoms with Crippen LogP contribution >= 0.6 is 0 Å². The zero-order valence-electron chi connectivity index (χ0n) is 7.48.